The van der Waals surface area contributed by atoms with Gasteiger partial charge in [-0.1, -0.05) is 0 Å². The van der Waals surface area contributed by atoms with E-state index in [1.165, 1.54) is 13.8 Å². The highest BCUT2D eigenvalue weighted by molar-refractivity contribution is 9.10. The third-order valence-electron chi connectivity index (χ3n) is 2.88. The summed E-state index contributed by atoms with van der Waals surface area (Å²) in [6.07, 6.45) is 0. The Hall–Kier alpha value is -2.33. The lowest BCUT2D eigenvalue weighted by Crippen LogP contribution is -2.42. The number of nitriles is 1. The van der Waals surface area contributed by atoms with Crippen molar-refractivity contribution in [2.75, 3.05) is 5.32 Å². The van der Waals surface area contributed by atoms with Gasteiger partial charge in [-0.3, -0.25) is 0 Å². The van der Waals surface area contributed by atoms with E-state index in [4.69, 9.17) is 14.7 Å². The van der Waals surface area contributed by atoms with E-state index in [1.807, 2.05) is 6.07 Å². The molecule has 0 unspecified atom stereocenters. The Labute approximate surface area is 135 Å². The topological polar surface area (TPSA) is 88.4 Å². The number of ether oxygens (including phenoxy) is 2. The molecule has 0 saturated carbocycles. The van der Waals surface area contributed by atoms with Crippen molar-refractivity contribution in [1.29, 1.82) is 5.26 Å². The first-order valence-corrected chi connectivity index (χ1v) is 7.17. The van der Waals surface area contributed by atoms with Gasteiger partial charge in [0.25, 0.3) is 5.79 Å². The lowest BCUT2D eigenvalue weighted by atomic mass is 10.1. The van der Waals surface area contributed by atoms with E-state index in [2.05, 4.69) is 21.2 Å². The second-order valence-electron chi connectivity index (χ2n) is 5.11. The number of rotatable bonds is 2. The molecule has 1 aromatic carbocycles. The zero-order valence-corrected chi connectivity index (χ0v) is 13.8. The Balaban J connectivity index is 2.31. The van der Waals surface area contributed by atoms with Crippen molar-refractivity contribution in [2.24, 2.45) is 0 Å². The standard InChI is InChI=1S/C15H13BrN2O4/c1-8(12-13(19)21-15(2,3)22-14(12)20)18-10-4-5-11(16)9(6-10)7-17/h4-6,18H,1-3H3. The fourth-order valence-electron chi connectivity index (χ4n) is 1.93. The molecule has 1 aromatic rings. The SMILES string of the molecule is CC(Nc1ccc(Br)c(C#N)c1)=C1C(=O)OC(C)(C)OC1=O. The fraction of sp³-hybridized carbons (Fsp3) is 0.267. The molecule has 1 heterocycles. The van der Waals surface area contributed by atoms with Crippen LogP contribution in [0.4, 0.5) is 5.69 Å². The number of carbonyl (C=O) groups is 2. The first kappa shape index (κ1) is 16.0. The number of benzene rings is 1. The summed E-state index contributed by atoms with van der Waals surface area (Å²) in [6.45, 7) is 4.52. The van der Waals surface area contributed by atoms with Gasteiger partial charge in [0.15, 0.2) is 5.57 Å². The second kappa shape index (κ2) is 5.81. The summed E-state index contributed by atoms with van der Waals surface area (Å²) in [5, 5.41) is 11.9. The van der Waals surface area contributed by atoms with Crippen LogP contribution in [0.3, 0.4) is 0 Å². The minimum absolute atomic E-state index is 0.194. The molecule has 0 aliphatic carbocycles. The molecule has 1 aliphatic rings. The Morgan fingerprint density at radius 3 is 2.41 bits per heavy atom. The molecular formula is C15H13BrN2O4. The molecule has 0 bridgehead atoms. The molecule has 0 aromatic heterocycles. The highest BCUT2D eigenvalue weighted by Gasteiger charge is 2.40. The summed E-state index contributed by atoms with van der Waals surface area (Å²) in [5.74, 6) is -2.77. The van der Waals surface area contributed by atoms with Gasteiger partial charge in [-0.2, -0.15) is 5.26 Å². The van der Waals surface area contributed by atoms with E-state index in [0.717, 1.165) is 0 Å². The molecule has 1 aliphatic heterocycles. The van der Waals surface area contributed by atoms with Gasteiger partial charge < -0.3 is 14.8 Å². The quantitative estimate of drug-likeness (QED) is 0.493. The molecule has 0 spiro atoms. The van der Waals surface area contributed by atoms with Crippen molar-refractivity contribution in [3.63, 3.8) is 0 Å². The van der Waals surface area contributed by atoms with Gasteiger partial charge in [-0.15, -0.1) is 0 Å². The molecule has 1 fully saturated rings. The molecule has 1 saturated heterocycles. The van der Waals surface area contributed by atoms with Crippen molar-refractivity contribution < 1.29 is 19.1 Å². The van der Waals surface area contributed by atoms with Crippen LogP contribution in [0.1, 0.15) is 26.3 Å². The zero-order valence-electron chi connectivity index (χ0n) is 12.2. The van der Waals surface area contributed by atoms with Gasteiger partial charge in [0, 0.05) is 29.7 Å². The van der Waals surface area contributed by atoms with Crippen molar-refractivity contribution in [1.82, 2.24) is 0 Å². The van der Waals surface area contributed by atoms with Crippen molar-refractivity contribution in [3.8, 4) is 6.07 Å². The number of allylic oxidation sites excluding steroid dienone is 1. The number of nitrogens with one attached hydrogen (secondary N) is 1. The first-order chi connectivity index (χ1) is 10.2. The molecule has 0 atom stereocenters. The van der Waals surface area contributed by atoms with Gasteiger partial charge in [-0.05, 0) is 41.1 Å². The fourth-order valence-corrected chi connectivity index (χ4v) is 2.26. The highest BCUT2D eigenvalue weighted by atomic mass is 79.9. The van der Waals surface area contributed by atoms with E-state index >= 15 is 0 Å². The van der Waals surface area contributed by atoms with Gasteiger partial charge >= 0.3 is 11.9 Å². The average Bonchev–Trinajstić information content (AvgIpc) is 2.38. The molecule has 22 heavy (non-hydrogen) atoms. The molecule has 7 heteroatoms. The lowest BCUT2D eigenvalue weighted by Gasteiger charge is -2.30. The molecule has 114 valence electrons. The van der Waals surface area contributed by atoms with Crippen LogP contribution in [-0.4, -0.2) is 17.7 Å². The average molecular weight is 365 g/mol. The van der Waals surface area contributed by atoms with Crippen LogP contribution >= 0.6 is 15.9 Å². The minimum Gasteiger partial charge on any atom is -0.419 e. The van der Waals surface area contributed by atoms with Gasteiger partial charge in [0.05, 0.1) is 5.56 Å². The molecule has 0 radical (unpaired) electrons. The normalized spacial score (nSPS) is 16.4. The van der Waals surface area contributed by atoms with E-state index in [-0.39, 0.29) is 11.3 Å². The van der Waals surface area contributed by atoms with E-state index in [1.54, 1.807) is 25.1 Å². The predicted molar refractivity (Wildman–Crippen MR) is 81.4 cm³/mol. The largest absolute Gasteiger partial charge is 0.419 e. The van der Waals surface area contributed by atoms with Gasteiger partial charge in [-0.25, -0.2) is 9.59 Å². The summed E-state index contributed by atoms with van der Waals surface area (Å²) in [7, 11) is 0. The monoisotopic (exact) mass is 364 g/mol. The van der Waals surface area contributed by atoms with Crippen LogP contribution in [0.5, 0.6) is 0 Å². The van der Waals surface area contributed by atoms with Crippen LogP contribution < -0.4 is 5.32 Å². The van der Waals surface area contributed by atoms with Gasteiger partial charge in [0.1, 0.15) is 6.07 Å². The maximum Gasteiger partial charge on any atom is 0.350 e. The molecule has 6 nitrogen and oxygen atoms in total. The predicted octanol–water partition coefficient (Wildman–Crippen LogP) is 2.84. The zero-order chi connectivity index (χ0) is 16.5. The van der Waals surface area contributed by atoms with Crippen LogP contribution in [0.15, 0.2) is 33.9 Å². The smallest absolute Gasteiger partial charge is 0.350 e. The van der Waals surface area contributed by atoms with Crippen molar-refractivity contribution >= 4 is 33.6 Å². The molecule has 1 N–H and O–H groups in total. The Morgan fingerprint density at radius 2 is 1.86 bits per heavy atom. The Morgan fingerprint density at radius 1 is 1.27 bits per heavy atom. The number of hydrogen-bond donors (Lipinski definition) is 1. The van der Waals surface area contributed by atoms with E-state index in [9.17, 15) is 9.59 Å². The number of cyclic esters (lactones) is 2. The molecule has 2 rings (SSSR count). The maximum absolute atomic E-state index is 11.9. The van der Waals surface area contributed by atoms with Crippen LogP contribution in [0.2, 0.25) is 0 Å². The number of nitrogens with zero attached hydrogens (tertiary/aromatic N) is 1. The van der Waals surface area contributed by atoms with Crippen LogP contribution in [0, 0.1) is 11.3 Å². The van der Waals surface area contributed by atoms with E-state index in [0.29, 0.717) is 15.7 Å². The summed E-state index contributed by atoms with van der Waals surface area (Å²) >= 11 is 3.25. The third kappa shape index (κ3) is 3.28. The number of hydrogen-bond acceptors (Lipinski definition) is 6. The molecule has 0 amide bonds. The van der Waals surface area contributed by atoms with E-state index < -0.39 is 17.7 Å². The third-order valence-corrected chi connectivity index (χ3v) is 3.57. The van der Waals surface area contributed by atoms with Crippen LogP contribution in [0.25, 0.3) is 0 Å². The highest BCUT2D eigenvalue weighted by Crippen LogP contribution is 2.26. The van der Waals surface area contributed by atoms with Gasteiger partial charge in [0.2, 0.25) is 0 Å². The van der Waals surface area contributed by atoms with Crippen molar-refractivity contribution in [3.05, 3.63) is 39.5 Å². The number of esters is 2. The summed E-state index contributed by atoms with van der Waals surface area (Å²) in [5.41, 5.74) is 1.09. The van der Waals surface area contributed by atoms with Crippen molar-refractivity contribution in [2.45, 2.75) is 26.6 Å². The summed E-state index contributed by atoms with van der Waals surface area (Å²) in [4.78, 5) is 23.9. The lowest BCUT2D eigenvalue weighted by molar-refractivity contribution is -0.222. The molecular weight excluding hydrogens is 352 g/mol. The number of carbonyl (C=O) groups excluding carboxylic acids is 2. The number of halogens is 1. The summed E-state index contributed by atoms with van der Waals surface area (Å²) < 4.78 is 10.7. The maximum atomic E-state index is 11.9. The van der Waals surface area contributed by atoms with Crippen LogP contribution in [-0.2, 0) is 19.1 Å². The minimum atomic E-state index is -1.27. The Bertz CT molecular complexity index is 710. The number of anilines is 1. The second-order valence-corrected chi connectivity index (χ2v) is 5.96. The summed E-state index contributed by atoms with van der Waals surface area (Å²) in [6, 6.07) is 7.03. The first-order valence-electron chi connectivity index (χ1n) is 6.38. The Kier molecular flexibility index (Phi) is 4.24.